The summed E-state index contributed by atoms with van der Waals surface area (Å²) in [5, 5.41) is -0.172. The second kappa shape index (κ2) is 7.39. The zero-order chi connectivity index (χ0) is 22.7. The third kappa shape index (κ3) is 3.22. The molecule has 2 atom stereocenters. The van der Waals surface area contributed by atoms with E-state index in [0.29, 0.717) is 0 Å². The lowest BCUT2D eigenvalue weighted by molar-refractivity contribution is -0.116. The minimum atomic E-state index is -4.07. The number of aromatic nitrogens is 4. The van der Waals surface area contributed by atoms with E-state index in [2.05, 4.69) is 15.0 Å². The van der Waals surface area contributed by atoms with Gasteiger partial charge in [-0.3, -0.25) is 4.98 Å². The molecule has 3 aromatic rings. The number of aryl methyl sites for hydroxylation is 1. The van der Waals surface area contributed by atoms with Crippen LogP contribution >= 0.6 is 0 Å². The van der Waals surface area contributed by atoms with Gasteiger partial charge in [0.25, 0.3) is 10.0 Å². The molecular weight excluding hydrogens is 449 g/mol. The minimum absolute atomic E-state index is 0.0138. The molecule has 13 heteroatoms. The zero-order valence-electron chi connectivity index (χ0n) is 16.9. The van der Waals surface area contributed by atoms with Crippen LogP contribution in [0.25, 0.3) is 11.0 Å². The number of imidazole rings is 1. The molecule has 0 bridgehead atoms. The molecule has 32 heavy (non-hydrogen) atoms. The van der Waals surface area contributed by atoms with Crippen LogP contribution in [0, 0.1) is 11.6 Å². The predicted octanol–water partition coefficient (Wildman–Crippen LogP) is 1.61. The van der Waals surface area contributed by atoms with Crippen LogP contribution in [-0.2, 0) is 21.8 Å². The molecule has 5 rings (SSSR count). The fourth-order valence-corrected chi connectivity index (χ4v) is 5.89. The van der Waals surface area contributed by atoms with Gasteiger partial charge in [0.15, 0.2) is 28.6 Å². The van der Waals surface area contributed by atoms with E-state index in [1.165, 1.54) is 23.3 Å². The van der Waals surface area contributed by atoms with Crippen molar-refractivity contribution in [3.8, 4) is 0 Å². The van der Waals surface area contributed by atoms with Gasteiger partial charge in [-0.25, -0.2) is 31.6 Å². The number of piperidine rings is 1. The van der Waals surface area contributed by atoms with Crippen LogP contribution < -0.4 is 4.90 Å². The Morgan fingerprint density at radius 1 is 1.16 bits per heavy atom. The number of fused-ring (bicyclic) bond motifs is 1. The van der Waals surface area contributed by atoms with Gasteiger partial charge in [-0.05, 0) is 0 Å². The number of hydrogen-bond acceptors (Lipinski definition) is 7. The Kier molecular flexibility index (Phi) is 4.87. The lowest BCUT2D eigenvalue weighted by Gasteiger charge is -2.45. The molecule has 4 heterocycles. The number of rotatable bonds is 3. The van der Waals surface area contributed by atoms with E-state index in [9.17, 15) is 17.2 Å². The molecule has 170 valence electrons. The maximum absolute atomic E-state index is 15.6. The maximum atomic E-state index is 15.6. The Morgan fingerprint density at radius 3 is 2.59 bits per heavy atom. The van der Waals surface area contributed by atoms with E-state index in [1.54, 1.807) is 11.9 Å². The van der Waals surface area contributed by atoms with E-state index < -0.39 is 33.6 Å². The standard InChI is InChI=1S/C19H19F3N6O3S/c1-26-10-18(24-11-26)32(29,30)28-4-5-31-19(28)2-3-27(9-16(19)22)17-8-23-14-6-12(20)13(21)7-15(14)25-17/h6-8,10-11,16H,2-5,9H2,1H3/t16-,19+/m1/s1. The summed E-state index contributed by atoms with van der Waals surface area (Å²) in [5.74, 6) is -1.81. The number of hydrogen-bond donors (Lipinski definition) is 0. The summed E-state index contributed by atoms with van der Waals surface area (Å²) in [4.78, 5) is 13.8. The smallest absolute Gasteiger partial charge is 0.264 e. The lowest BCUT2D eigenvalue weighted by Crippen LogP contribution is -2.62. The van der Waals surface area contributed by atoms with Gasteiger partial charge in [0.1, 0.15) is 5.82 Å². The van der Waals surface area contributed by atoms with E-state index in [0.717, 1.165) is 16.4 Å². The highest BCUT2D eigenvalue weighted by atomic mass is 32.2. The summed E-state index contributed by atoms with van der Waals surface area (Å²) in [6, 6.07) is 1.87. The van der Waals surface area contributed by atoms with Crippen molar-refractivity contribution in [2.45, 2.75) is 23.3 Å². The summed E-state index contributed by atoms with van der Waals surface area (Å²) >= 11 is 0. The molecule has 0 aliphatic carbocycles. The quantitative estimate of drug-likeness (QED) is 0.577. The van der Waals surface area contributed by atoms with Crippen molar-refractivity contribution in [3.63, 3.8) is 0 Å². The molecule has 1 aromatic carbocycles. The molecule has 2 fully saturated rings. The van der Waals surface area contributed by atoms with E-state index in [1.807, 2.05) is 0 Å². The van der Waals surface area contributed by atoms with Crippen LogP contribution in [0.3, 0.4) is 0 Å². The van der Waals surface area contributed by atoms with Crippen molar-refractivity contribution in [2.24, 2.45) is 7.05 Å². The van der Waals surface area contributed by atoms with Gasteiger partial charge in [0, 0.05) is 44.9 Å². The van der Waals surface area contributed by atoms with Crippen molar-refractivity contribution < 1.29 is 26.3 Å². The number of nitrogens with zero attached hydrogens (tertiary/aromatic N) is 6. The lowest BCUT2D eigenvalue weighted by atomic mass is 9.98. The Labute approximate surface area is 181 Å². The SMILES string of the molecule is Cn1cnc(S(=O)(=O)N2CCO[C@]23CCN(c2cnc4cc(F)c(F)cc4n2)C[C@H]3F)c1. The number of sulfonamides is 1. The van der Waals surface area contributed by atoms with Crippen molar-refractivity contribution in [3.05, 3.63) is 42.5 Å². The first-order valence-corrected chi connectivity index (χ1v) is 11.3. The number of anilines is 1. The highest BCUT2D eigenvalue weighted by Gasteiger charge is 2.57. The molecule has 9 nitrogen and oxygen atoms in total. The van der Waals surface area contributed by atoms with Crippen molar-refractivity contribution in [1.82, 2.24) is 23.8 Å². The maximum Gasteiger partial charge on any atom is 0.264 e. The number of halogens is 3. The molecule has 0 saturated carbocycles. The molecule has 2 aromatic heterocycles. The Balaban J connectivity index is 1.42. The van der Waals surface area contributed by atoms with Crippen molar-refractivity contribution >= 4 is 26.9 Å². The summed E-state index contributed by atoms with van der Waals surface area (Å²) in [5.41, 5.74) is -1.34. The molecule has 2 aliphatic rings. The molecular formula is C19H19F3N6O3S. The molecule has 0 unspecified atom stereocenters. The topological polar surface area (TPSA) is 93.5 Å². The monoisotopic (exact) mass is 468 g/mol. The highest BCUT2D eigenvalue weighted by molar-refractivity contribution is 7.89. The van der Waals surface area contributed by atoms with Crippen LogP contribution in [0.1, 0.15) is 6.42 Å². The van der Waals surface area contributed by atoms with Gasteiger partial charge in [-0.2, -0.15) is 4.31 Å². The van der Waals surface area contributed by atoms with Gasteiger partial charge in [-0.1, -0.05) is 0 Å². The molecule has 1 spiro atoms. The predicted molar refractivity (Wildman–Crippen MR) is 107 cm³/mol. The molecule has 2 saturated heterocycles. The van der Waals surface area contributed by atoms with Crippen LogP contribution in [0.15, 0.2) is 35.9 Å². The fourth-order valence-electron chi connectivity index (χ4n) is 4.21. The minimum Gasteiger partial charge on any atom is -0.355 e. The first-order valence-electron chi connectivity index (χ1n) is 9.86. The summed E-state index contributed by atoms with van der Waals surface area (Å²) in [7, 11) is -2.42. The fraction of sp³-hybridized carbons (Fsp3) is 0.421. The zero-order valence-corrected chi connectivity index (χ0v) is 17.8. The van der Waals surface area contributed by atoms with Crippen LogP contribution in [-0.4, -0.2) is 70.4 Å². The first-order chi connectivity index (χ1) is 15.2. The largest absolute Gasteiger partial charge is 0.355 e. The number of alkyl halides is 1. The average Bonchev–Trinajstić information content (AvgIpc) is 3.39. The average molecular weight is 468 g/mol. The second-order valence-corrected chi connectivity index (χ2v) is 9.60. The number of ether oxygens (including phenoxy) is 1. The van der Waals surface area contributed by atoms with Gasteiger partial charge < -0.3 is 14.2 Å². The van der Waals surface area contributed by atoms with Gasteiger partial charge in [0.05, 0.1) is 36.7 Å². The summed E-state index contributed by atoms with van der Waals surface area (Å²) < 4.78 is 77.0. The molecule has 0 amide bonds. The van der Waals surface area contributed by atoms with Crippen molar-refractivity contribution in [1.29, 1.82) is 0 Å². The first kappa shape index (κ1) is 21.1. The Bertz CT molecular complexity index is 1300. The van der Waals surface area contributed by atoms with Gasteiger partial charge in [-0.15, -0.1) is 0 Å². The Hall–Kier alpha value is -2.77. The second-order valence-electron chi connectivity index (χ2n) is 7.79. The Morgan fingerprint density at radius 2 is 1.91 bits per heavy atom. The molecule has 0 radical (unpaired) electrons. The van der Waals surface area contributed by atoms with E-state index >= 15 is 4.39 Å². The molecule has 0 N–H and O–H groups in total. The number of benzene rings is 1. The third-order valence-electron chi connectivity index (χ3n) is 5.81. The van der Waals surface area contributed by atoms with Crippen LogP contribution in [0.2, 0.25) is 0 Å². The van der Waals surface area contributed by atoms with Crippen LogP contribution in [0.4, 0.5) is 19.0 Å². The van der Waals surface area contributed by atoms with Gasteiger partial charge in [0.2, 0.25) is 0 Å². The normalized spacial score (nSPS) is 24.6. The van der Waals surface area contributed by atoms with Crippen molar-refractivity contribution in [2.75, 3.05) is 31.1 Å². The third-order valence-corrected chi connectivity index (χ3v) is 7.62. The molecule has 2 aliphatic heterocycles. The summed E-state index contributed by atoms with van der Waals surface area (Å²) in [6.07, 6.45) is 2.41. The highest BCUT2D eigenvalue weighted by Crippen LogP contribution is 2.40. The van der Waals surface area contributed by atoms with Gasteiger partial charge >= 0.3 is 0 Å². The van der Waals surface area contributed by atoms with E-state index in [-0.39, 0.29) is 54.5 Å². The van der Waals surface area contributed by atoms with E-state index in [4.69, 9.17) is 4.74 Å². The summed E-state index contributed by atoms with van der Waals surface area (Å²) in [6.45, 7) is 0.0870. The van der Waals surface area contributed by atoms with Crippen LogP contribution in [0.5, 0.6) is 0 Å².